The maximum Gasteiger partial charge on any atom is 0.255 e. The number of halogens is 2. The highest BCUT2D eigenvalue weighted by Gasteiger charge is 2.28. The molecule has 0 fully saturated rings. The first-order chi connectivity index (χ1) is 8.08. The molecule has 1 aromatic heterocycles. The fraction of sp³-hybridized carbons (Fsp3) is 0.600. The van der Waals surface area contributed by atoms with Crippen molar-refractivity contribution in [3.05, 3.63) is 17.7 Å². The highest BCUT2D eigenvalue weighted by atomic mass is 19.3. The lowest BCUT2D eigenvalue weighted by molar-refractivity contribution is -0.134. The molecule has 1 amide bonds. The number of aromatic nitrogens is 2. The van der Waals surface area contributed by atoms with Crippen molar-refractivity contribution in [2.24, 2.45) is 0 Å². The van der Waals surface area contributed by atoms with Crippen molar-refractivity contribution in [3.63, 3.8) is 0 Å². The average Bonchev–Trinajstić information content (AvgIpc) is 2.73. The number of amides is 1. The Hall–Kier alpha value is -1.50. The lowest BCUT2D eigenvalue weighted by Crippen LogP contribution is -2.49. The summed E-state index contributed by atoms with van der Waals surface area (Å²) in [7, 11) is 1.39. The van der Waals surface area contributed by atoms with Gasteiger partial charge in [0.15, 0.2) is 0 Å². The molecule has 5 nitrogen and oxygen atoms in total. The van der Waals surface area contributed by atoms with Crippen molar-refractivity contribution in [3.8, 4) is 0 Å². The summed E-state index contributed by atoms with van der Waals surface area (Å²) in [6, 6.07) is -0.463. The van der Waals surface area contributed by atoms with E-state index in [9.17, 15) is 13.6 Å². The van der Waals surface area contributed by atoms with Gasteiger partial charge in [0.2, 0.25) is 5.91 Å². The van der Waals surface area contributed by atoms with Crippen molar-refractivity contribution in [1.82, 2.24) is 20.2 Å². The highest BCUT2D eigenvalue weighted by molar-refractivity contribution is 5.82. The molecule has 0 saturated carbocycles. The first-order valence-corrected chi connectivity index (χ1v) is 5.35. The van der Waals surface area contributed by atoms with Gasteiger partial charge in [-0.25, -0.2) is 13.8 Å². The molecule has 1 unspecified atom stereocenters. The van der Waals surface area contributed by atoms with Gasteiger partial charge in [0.1, 0.15) is 0 Å². The standard InChI is InChI=1S/C10H14F2N4O/c1-16(4-9(11)12)10(17)7-2-6-8(3-13-7)15-5-14-6/h5,7,9,13H,2-4H2,1H3,(H,14,15). The Kier molecular flexibility index (Phi) is 3.37. The maximum atomic E-state index is 12.2. The lowest BCUT2D eigenvalue weighted by Gasteiger charge is -2.26. The molecule has 0 spiro atoms. The maximum absolute atomic E-state index is 12.2. The second kappa shape index (κ2) is 4.79. The topological polar surface area (TPSA) is 61.0 Å². The van der Waals surface area contributed by atoms with Gasteiger partial charge >= 0.3 is 0 Å². The van der Waals surface area contributed by atoms with Crippen LogP contribution in [0.1, 0.15) is 11.4 Å². The number of hydrogen-bond donors (Lipinski definition) is 2. The number of fused-ring (bicyclic) bond motifs is 1. The first kappa shape index (κ1) is 12.0. The summed E-state index contributed by atoms with van der Waals surface area (Å²) in [5, 5.41) is 3.01. The quantitative estimate of drug-likeness (QED) is 0.795. The summed E-state index contributed by atoms with van der Waals surface area (Å²) >= 11 is 0. The van der Waals surface area contributed by atoms with E-state index in [2.05, 4.69) is 15.3 Å². The van der Waals surface area contributed by atoms with E-state index in [0.717, 1.165) is 16.3 Å². The largest absolute Gasteiger partial charge is 0.347 e. The number of hydrogen-bond acceptors (Lipinski definition) is 3. The van der Waals surface area contributed by atoms with Gasteiger partial charge in [0, 0.05) is 20.0 Å². The number of nitrogens with zero attached hydrogens (tertiary/aromatic N) is 2. The number of carbonyl (C=O) groups is 1. The Morgan fingerprint density at radius 1 is 1.71 bits per heavy atom. The Balaban J connectivity index is 1.98. The summed E-state index contributed by atoms with van der Waals surface area (Å²) in [5.41, 5.74) is 1.78. The van der Waals surface area contributed by atoms with Gasteiger partial charge in [-0.15, -0.1) is 0 Å². The molecule has 7 heteroatoms. The number of H-pyrrole nitrogens is 1. The van der Waals surface area contributed by atoms with E-state index in [-0.39, 0.29) is 5.91 Å². The van der Waals surface area contributed by atoms with Crippen molar-refractivity contribution in [2.75, 3.05) is 13.6 Å². The number of carbonyl (C=O) groups excluding carboxylic acids is 1. The van der Waals surface area contributed by atoms with Crippen molar-refractivity contribution >= 4 is 5.91 Å². The molecule has 0 aliphatic carbocycles. The fourth-order valence-electron chi connectivity index (χ4n) is 1.91. The molecule has 94 valence electrons. The Morgan fingerprint density at radius 2 is 2.47 bits per heavy atom. The summed E-state index contributed by atoms with van der Waals surface area (Å²) in [5.74, 6) is -0.320. The highest BCUT2D eigenvalue weighted by Crippen LogP contribution is 2.13. The van der Waals surface area contributed by atoms with E-state index in [1.807, 2.05) is 0 Å². The predicted octanol–water partition coefficient (Wildman–Crippen LogP) is 0.147. The van der Waals surface area contributed by atoms with Crippen LogP contribution in [-0.2, 0) is 17.8 Å². The fourth-order valence-corrected chi connectivity index (χ4v) is 1.91. The van der Waals surface area contributed by atoms with Gasteiger partial charge in [-0.1, -0.05) is 0 Å². The third-order valence-corrected chi connectivity index (χ3v) is 2.82. The Morgan fingerprint density at radius 3 is 3.18 bits per heavy atom. The van der Waals surface area contributed by atoms with Gasteiger partial charge in [0.25, 0.3) is 6.43 Å². The monoisotopic (exact) mass is 244 g/mol. The zero-order valence-corrected chi connectivity index (χ0v) is 9.41. The van der Waals surface area contributed by atoms with Gasteiger partial charge in [-0.05, 0) is 0 Å². The molecule has 0 bridgehead atoms. The number of likely N-dealkylation sites (N-methyl/N-ethyl adjacent to an activating group) is 1. The smallest absolute Gasteiger partial charge is 0.255 e. The van der Waals surface area contributed by atoms with Crippen LogP contribution in [0.3, 0.4) is 0 Å². The lowest BCUT2D eigenvalue weighted by atomic mass is 10.0. The summed E-state index contributed by atoms with van der Waals surface area (Å²) in [4.78, 5) is 20.0. The van der Waals surface area contributed by atoms with Gasteiger partial charge < -0.3 is 9.88 Å². The molecule has 0 radical (unpaired) electrons. The van der Waals surface area contributed by atoms with Gasteiger partial charge in [0.05, 0.1) is 30.3 Å². The minimum Gasteiger partial charge on any atom is -0.347 e. The number of rotatable bonds is 3. The predicted molar refractivity (Wildman–Crippen MR) is 56.6 cm³/mol. The van der Waals surface area contributed by atoms with Crippen LogP contribution in [0.5, 0.6) is 0 Å². The molecule has 0 saturated heterocycles. The van der Waals surface area contributed by atoms with Crippen molar-refractivity contribution in [2.45, 2.75) is 25.4 Å². The summed E-state index contributed by atoms with van der Waals surface area (Å²) < 4.78 is 24.3. The Bertz CT molecular complexity index is 407. The van der Waals surface area contributed by atoms with Crippen LogP contribution in [0.2, 0.25) is 0 Å². The average molecular weight is 244 g/mol. The van der Waals surface area contributed by atoms with E-state index in [1.165, 1.54) is 7.05 Å². The molecule has 0 aromatic carbocycles. The molecule has 1 atom stereocenters. The van der Waals surface area contributed by atoms with Crippen LogP contribution in [-0.4, -0.2) is 46.8 Å². The van der Waals surface area contributed by atoms with Crippen LogP contribution in [0, 0.1) is 0 Å². The molecule has 2 rings (SSSR count). The summed E-state index contributed by atoms with van der Waals surface area (Å²) in [6.45, 7) is -0.0291. The third kappa shape index (κ3) is 2.60. The summed E-state index contributed by atoms with van der Waals surface area (Å²) in [6.07, 6.45) is -0.499. The molecule has 1 aromatic rings. The first-order valence-electron chi connectivity index (χ1n) is 5.35. The van der Waals surface area contributed by atoms with E-state index < -0.39 is 19.0 Å². The van der Waals surface area contributed by atoms with Crippen LogP contribution >= 0.6 is 0 Å². The zero-order valence-electron chi connectivity index (χ0n) is 9.41. The van der Waals surface area contributed by atoms with E-state index in [1.54, 1.807) is 6.33 Å². The normalized spacial score (nSPS) is 19.2. The number of aromatic amines is 1. The van der Waals surface area contributed by atoms with Gasteiger partial charge in [-0.3, -0.25) is 10.1 Å². The number of alkyl halides is 2. The van der Waals surface area contributed by atoms with E-state index >= 15 is 0 Å². The third-order valence-electron chi connectivity index (χ3n) is 2.82. The SMILES string of the molecule is CN(CC(F)F)C(=O)C1Cc2nc[nH]c2CN1. The van der Waals surface area contributed by atoms with Crippen LogP contribution < -0.4 is 5.32 Å². The van der Waals surface area contributed by atoms with Gasteiger partial charge in [-0.2, -0.15) is 0 Å². The molecule has 2 heterocycles. The van der Waals surface area contributed by atoms with Crippen molar-refractivity contribution < 1.29 is 13.6 Å². The number of nitrogens with one attached hydrogen (secondary N) is 2. The molecule has 1 aliphatic rings. The van der Waals surface area contributed by atoms with E-state index in [4.69, 9.17) is 0 Å². The molecule has 2 N–H and O–H groups in total. The molecule has 1 aliphatic heterocycles. The molecular weight excluding hydrogens is 230 g/mol. The Labute approximate surface area is 97.2 Å². The zero-order chi connectivity index (χ0) is 12.4. The van der Waals surface area contributed by atoms with E-state index in [0.29, 0.717) is 13.0 Å². The molecular formula is C10H14F2N4O. The van der Waals surface area contributed by atoms with Crippen molar-refractivity contribution in [1.29, 1.82) is 0 Å². The van der Waals surface area contributed by atoms with Crippen LogP contribution in [0.25, 0.3) is 0 Å². The minimum atomic E-state index is -2.51. The van der Waals surface area contributed by atoms with Crippen LogP contribution in [0.15, 0.2) is 6.33 Å². The second-order valence-corrected chi connectivity index (χ2v) is 4.08. The minimum absolute atomic E-state index is 0.320. The van der Waals surface area contributed by atoms with Crippen LogP contribution in [0.4, 0.5) is 8.78 Å². The number of imidazole rings is 1. The molecule has 17 heavy (non-hydrogen) atoms. The second-order valence-electron chi connectivity index (χ2n) is 4.08.